The van der Waals surface area contributed by atoms with Crippen molar-refractivity contribution < 1.29 is 4.74 Å². The molecule has 1 saturated heterocycles. The van der Waals surface area contributed by atoms with E-state index in [0.29, 0.717) is 18.0 Å². The van der Waals surface area contributed by atoms with E-state index >= 15 is 0 Å². The molecule has 0 amide bonds. The van der Waals surface area contributed by atoms with E-state index in [1.807, 2.05) is 6.07 Å². The third kappa shape index (κ3) is 3.93. The number of hydrogen-bond acceptors (Lipinski definition) is 4. The van der Waals surface area contributed by atoms with Crippen LogP contribution in [0.4, 0.5) is 0 Å². The van der Waals surface area contributed by atoms with Crippen molar-refractivity contribution in [3.05, 3.63) is 54.1 Å². The third-order valence-corrected chi connectivity index (χ3v) is 5.67. The van der Waals surface area contributed by atoms with Crippen molar-refractivity contribution in [1.82, 2.24) is 10.2 Å². The zero-order chi connectivity index (χ0) is 17.9. The quantitative estimate of drug-likeness (QED) is 0.805. The Labute approximate surface area is 156 Å². The van der Waals surface area contributed by atoms with Gasteiger partial charge < -0.3 is 20.7 Å². The minimum atomic E-state index is 0.374. The van der Waals surface area contributed by atoms with Crippen LogP contribution in [0.5, 0.6) is 5.75 Å². The Kier molecular flexibility index (Phi) is 5.25. The Bertz CT molecular complexity index is 748. The fourth-order valence-corrected chi connectivity index (χ4v) is 4.11. The Morgan fingerprint density at radius 2 is 2.08 bits per heavy atom. The molecule has 2 aromatic rings. The van der Waals surface area contributed by atoms with Gasteiger partial charge in [-0.25, -0.2) is 0 Å². The largest absolute Gasteiger partial charge is 0.497 e. The molecular formula is C22H29N3O. The maximum absolute atomic E-state index is 5.99. The molecule has 138 valence electrons. The van der Waals surface area contributed by atoms with E-state index < -0.39 is 0 Å². The SMILES string of the molecule is COc1cccc(-c2ccccc2C2CC2NCCN2CCC(N)C2)c1. The maximum atomic E-state index is 5.99. The van der Waals surface area contributed by atoms with Crippen molar-refractivity contribution in [2.45, 2.75) is 30.8 Å². The molecule has 2 aliphatic rings. The predicted molar refractivity (Wildman–Crippen MR) is 107 cm³/mol. The minimum absolute atomic E-state index is 0.374. The van der Waals surface area contributed by atoms with Crippen LogP contribution in [0.2, 0.25) is 0 Å². The molecule has 3 atom stereocenters. The first-order valence-corrected chi connectivity index (χ1v) is 9.69. The van der Waals surface area contributed by atoms with Crippen molar-refractivity contribution in [3.63, 3.8) is 0 Å². The predicted octanol–water partition coefficient (Wildman–Crippen LogP) is 2.84. The molecule has 26 heavy (non-hydrogen) atoms. The second-order valence-electron chi connectivity index (χ2n) is 7.57. The Hall–Kier alpha value is -1.88. The van der Waals surface area contributed by atoms with E-state index in [4.69, 9.17) is 10.5 Å². The molecule has 0 radical (unpaired) electrons. The highest BCUT2D eigenvalue weighted by Gasteiger charge is 2.39. The van der Waals surface area contributed by atoms with E-state index in [2.05, 4.69) is 52.7 Å². The van der Waals surface area contributed by atoms with Crippen molar-refractivity contribution in [2.75, 3.05) is 33.3 Å². The number of nitrogens with one attached hydrogen (secondary N) is 1. The Morgan fingerprint density at radius 1 is 1.19 bits per heavy atom. The van der Waals surface area contributed by atoms with E-state index in [1.54, 1.807) is 7.11 Å². The summed E-state index contributed by atoms with van der Waals surface area (Å²) in [4.78, 5) is 2.47. The summed E-state index contributed by atoms with van der Waals surface area (Å²) in [6.07, 6.45) is 2.36. The van der Waals surface area contributed by atoms with Gasteiger partial charge in [-0.1, -0.05) is 36.4 Å². The molecule has 3 N–H and O–H groups in total. The fraction of sp³-hybridized carbons (Fsp3) is 0.455. The van der Waals surface area contributed by atoms with Gasteiger partial charge in [-0.15, -0.1) is 0 Å². The molecule has 2 aromatic carbocycles. The summed E-state index contributed by atoms with van der Waals surface area (Å²) >= 11 is 0. The molecule has 2 fully saturated rings. The lowest BCUT2D eigenvalue weighted by Gasteiger charge is -2.15. The van der Waals surface area contributed by atoms with Crippen molar-refractivity contribution >= 4 is 0 Å². The highest BCUT2D eigenvalue weighted by Crippen LogP contribution is 2.45. The summed E-state index contributed by atoms with van der Waals surface area (Å²) in [5.41, 5.74) is 9.99. The number of methoxy groups -OCH3 is 1. The average Bonchev–Trinajstić information content (AvgIpc) is 3.33. The van der Waals surface area contributed by atoms with Gasteiger partial charge in [-0.2, -0.15) is 0 Å². The molecule has 0 bridgehead atoms. The van der Waals surface area contributed by atoms with Crippen LogP contribution >= 0.6 is 0 Å². The molecule has 1 aliphatic carbocycles. The normalized spacial score (nSPS) is 25.4. The first-order chi connectivity index (χ1) is 12.7. The first kappa shape index (κ1) is 17.5. The van der Waals surface area contributed by atoms with Gasteiger partial charge in [0.15, 0.2) is 0 Å². The van der Waals surface area contributed by atoms with E-state index in [1.165, 1.54) is 23.1 Å². The lowest BCUT2D eigenvalue weighted by atomic mass is 9.96. The summed E-state index contributed by atoms with van der Waals surface area (Å²) in [5.74, 6) is 1.52. The van der Waals surface area contributed by atoms with Gasteiger partial charge in [0.2, 0.25) is 0 Å². The monoisotopic (exact) mass is 351 g/mol. The first-order valence-electron chi connectivity index (χ1n) is 9.69. The molecule has 1 saturated carbocycles. The van der Waals surface area contributed by atoms with E-state index in [-0.39, 0.29) is 0 Å². The zero-order valence-corrected chi connectivity index (χ0v) is 15.5. The minimum Gasteiger partial charge on any atom is -0.497 e. The summed E-state index contributed by atoms with van der Waals surface area (Å²) in [5, 5.41) is 3.74. The number of nitrogens with two attached hydrogens (primary N) is 1. The van der Waals surface area contributed by atoms with Gasteiger partial charge in [0, 0.05) is 37.6 Å². The van der Waals surface area contributed by atoms with Gasteiger partial charge in [0.1, 0.15) is 5.75 Å². The fourth-order valence-electron chi connectivity index (χ4n) is 4.11. The number of benzene rings is 2. The smallest absolute Gasteiger partial charge is 0.119 e. The second-order valence-corrected chi connectivity index (χ2v) is 7.57. The Balaban J connectivity index is 1.38. The number of hydrogen-bond donors (Lipinski definition) is 2. The number of rotatable bonds is 7. The molecule has 0 spiro atoms. The number of ether oxygens (including phenoxy) is 1. The second kappa shape index (κ2) is 7.78. The molecular weight excluding hydrogens is 322 g/mol. The van der Waals surface area contributed by atoms with Crippen LogP contribution in [0.3, 0.4) is 0 Å². The van der Waals surface area contributed by atoms with Crippen LogP contribution in [-0.4, -0.2) is 50.3 Å². The van der Waals surface area contributed by atoms with Gasteiger partial charge in [0.25, 0.3) is 0 Å². The number of nitrogens with zero attached hydrogens (tertiary/aromatic N) is 1. The van der Waals surface area contributed by atoms with Gasteiger partial charge in [-0.05, 0) is 48.2 Å². The molecule has 1 heterocycles. The van der Waals surface area contributed by atoms with Crippen LogP contribution in [0, 0.1) is 0 Å². The summed E-state index contributed by atoms with van der Waals surface area (Å²) in [6, 6.07) is 18.1. The van der Waals surface area contributed by atoms with Crippen LogP contribution in [0.25, 0.3) is 11.1 Å². The third-order valence-electron chi connectivity index (χ3n) is 5.67. The van der Waals surface area contributed by atoms with Crippen molar-refractivity contribution in [3.8, 4) is 16.9 Å². The van der Waals surface area contributed by atoms with Crippen LogP contribution in [-0.2, 0) is 0 Å². The standard InChI is InChI=1S/C22H29N3O/c1-26-18-6-4-5-16(13-18)19-7-2-3-8-20(19)21-14-22(21)24-10-12-25-11-9-17(23)15-25/h2-8,13,17,21-22,24H,9-12,14-15,23H2,1H3. The van der Waals surface area contributed by atoms with Gasteiger partial charge in [0.05, 0.1) is 7.11 Å². The van der Waals surface area contributed by atoms with Crippen molar-refractivity contribution in [1.29, 1.82) is 0 Å². The molecule has 0 aromatic heterocycles. The summed E-state index contributed by atoms with van der Waals surface area (Å²) in [7, 11) is 1.72. The summed E-state index contributed by atoms with van der Waals surface area (Å²) in [6.45, 7) is 4.35. The molecule has 4 rings (SSSR count). The highest BCUT2D eigenvalue weighted by molar-refractivity contribution is 5.70. The lowest BCUT2D eigenvalue weighted by Crippen LogP contribution is -2.33. The lowest BCUT2D eigenvalue weighted by molar-refractivity contribution is 0.331. The molecule has 4 heteroatoms. The molecule has 4 nitrogen and oxygen atoms in total. The topological polar surface area (TPSA) is 50.5 Å². The summed E-state index contributed by atoms with van der Waals surface area (Å²) < 4.78 is 5.40. The van der Waals surface area contributed by atoms with Crippen LogP contribution in [0.15, 0.2) is 48.5 Å². The van der Waals surface area contributed by atoms with E-state index in [9.17, 15) is 0 Å². The van der Waals surface area contributed by atoms with Gasteiger partial charge >= 0.3 is 0 Å². The van der Waals surface area contributed by atoms with Crippen LogP contribution < -0.4 is 15.8 Å². The number of likely N-dealkylation sites (tertiary alicyclic amines) is 1. The molecule has 1 aliphatic heterocycles. The zero-order valence-electron chi connectivity index (χ0n) is 15.5. The van der Waals surface area contributed by atoms with Crippen LogP contribution in [0.1, 0.15) is 24.3 Å². The highest BCUT2D eigenvalue weighted by atomic mass is 16.5. The van der Waals surface area contributed by atoms with Crippen molar-refractivity contribution in [2.24, 2.45) is 5.73 Å². The van der Waals surface area contributed by atoms with E-state index in [0.717, 1.165) is 38.3 Å². The molecule has 3 unspecified atom stereocenters. The average molecular weight is 351 g/mol. The Morgan fingerprint density at radius 3 is 2.88 bits per heavy atom. The van der Waals surface area contributed by atoms with Gasteiger partial charge in [-0.3, -0.25) is 0 Å². The maximum Gasteiger partial charge on any atom is 0.119 e.